The first-order valence-corrected chi connectivity index (χ1v) is 8.30. The molecule has 3 saturated heterocycles. The van der Waals surface area contributed by atoms with Gasteiger partial charge in [-0.1, -0.05) is 0 Å². The normalized spacial score (nSPS) is 35.7. The van der Waals surface area contributed by atoms with Crippen molar-refractivity contribution in [3.8, 4) is 0 Å². The van der Waals surface area contributed by atoms with Crippen molar-refractivity contribution in [3.63, 3.8) is 0 Å². The van der Waals surface area contributed by atoms with Crippen molar-refractivity contribution in [1.29, 1.82) is 0 Å². The molecule has 3 rings (SSSR count). The molecule has 4 nitrogen and oxygen atoms in total. The summed E-state index contributed by atoms with van der Waals surface area (Å²) in [6, 6.07) is -0.162. The maximum atomic E-state index is 12.6. The predicted molar refractivity (Wildman–Crippen MR) is 76.0 cm³/mol. The van der Waals surface area contributed by atoms with E-state index in [0.717, 1.165) is 25.9 Å². The Hall–Kier alpha value is -0.710. The average molecular weight is 282 g/mol. The highest BCUT2D eigenvalue weighted by Crippen LogP contribution is 2.39. The Labute approximate surface area is 118 Å². The minimum absolute atomic E-state index is 0.162. The quantitative estimate of drug-likeness (QED) is 0.770. The van der Waals surface area contributed by atoms with E-state index in [1.807, 2.05) is 21.6 Å². The number of fused-ring (bicyclic) bond motifs is 1. The summed E-state index contributed by atoms with van der Waals surface area (Å²) in [5.74, 6) is 1.56. The Morgan fingerprint density at radius 1 is 1.32 bits per heavy atom. The number of carbonyl (C=O) groups excluding carboxylic acids is 2. The van der Waals surface area contributed by atoms with Gasteiger partial charge in [0.25, 0.3) is 0 Å². The summed E-state index contributed by atoms with van der Waals surface area (Å²) in [7, 11) is 0. The number of hydrogen-bond acceptors (Lipinski definition) is 3. The van der Waals surface area contributed by atoms with E-state index in [2.05, 4.69) is 6.92 Å². The van der Waals surface area contributed by atoms with Crippen LogP contribution in [0.4, 0.5) is 0 Å². The molecular weight excluding hydrogens is 260 g/mol. The van der Waals surface area contributed by atoms with Crippen LogP contribution in [0.3, 0.4) is 0 Å². The lowest BCUT2D eigenvalue weighted by molar-refractivity contribution is -0.139. The molecule has 0 aromatic heterocycles. The van der Waals surface area contributed by atoms with Crippen molar-refractivity contribution in [2.75, 3.05) is 25.4 Å². The number of thioether (sulfide) groups is 1. The van der Waals surface area contributed by atoms with Crippen LogP contribution in [0.1, 0.15) is 39.0 Å². The maximum absolute atomic E-state index is 12.6. The van der Waals surface area contributed by atoms with Gasteiger partial charge in [0.05, 0.1) is 0 Å². The van der Waals surface area contributed by atoms with E-state index in [1.54, 1.807) is 0 Å². The van der Waals surface area contributed by atoms with Crippen LogP contribution in [0.5, 0.6) is 0 Å². The van der Waals surface area contributed by atoms with Crippen molar-refractivity contribution in [3.05, 3.63) is 0 Å². The van der Waals surface area contributed by atoms with E-state index < -0.39 is 0 Å². The monoisotopic (exact) mass is 282 g/mol. The molecule has 0 N–H and O–H groups in total. The third-order valence-corrected chi connectivity index (χ3v) is 6.11. The van der Waals surface area contributed by atoms with E-state index in [-0.39, 0.29) is 22.6 Å². The topological polar surface area (TPSA) is 40.6 Å². The SMILES string of the molecule is CC1(CN2CCC(=O)N3CCCC3C2=O)CCCS1. The summed E-state index contributed by atoms with van der Waals surface area (Å²) in [6.45, 7) is 4.46. The predicted octanol–water partition coefficient (Wildman–Crippen LogP) is 1.50. The maximum Gasteiger partial charge on any atom is 0.245 e. The van der Waals surface area contributed by atoms with Crippen LogP contribution in [0.2, 0.25) is 0 Å². The molecule has 0 aromatic rings. The number of hydrogen-bond donors (Lipinski definition) is 0. The fourth-order valence-electron chi connectivity index (χ4n) is 3.54. The Bertz CT molecular complexity index is 393. The molecule has 2 amide bonds. The largest absolute Gasteiger partial charge is 0.339 e. The molecular formula is C14H22N2O2S. The Balaban J connectivity index is 1.74. The molecule has 0 saturated carbocycles. The molecule has 3 aliphatic heterocycles. The Kier molecular flexibility index (Phi) is 3.50. The highest BCUT2D eigenvalue weighted by Gasteiger charge is 2.41. The summed E-state index contributed by atoms with van der Waals surface area (Å²) in [6.07, 6.45) is 4.76. The van der Waals surface area contributed by atoms with Crippen LogP contribution in [0.15, 0.2) is 0 Å². The third kappa shape index (κ3) is 2.49. The van der Waals surface area contributed by atoms with Crippen molar-refractivity contribution >= 4 is 23.6 Å². The minimum Gasteiger partial charge on any atom is -0.339 e. The smallest absolute Gasteiger partial charge is 0.245 e. The lowest BCUT2D eigenvalue weighted by Gasteiger charge is -2.32. The number of carbonyl (C=O) groups is 2. The van der Waals surface area contributed by atoms with Crippen molar-refractivity contribution in [2.24, 2.45) is 0 Å². The summed E-state index contributed by atoms with van der Waals surface area (Å²) in [5, 5.41) is 0. The summed E-state index contributed by atoms with van der Waals surface area (Å²) in [4.78, 5) is 28.4. The summed E-state index contributed by atoms with van der Waals surface area (Å²) in [5.41, 5.74) is 0. The van der Waals surface area contributed by atoms with Gasteiger partial charge in [-0.25, -0.2) is 0 Å². The zero-order valence-corrected chi connectivity index (χ0v) is 12.4. The van der Waals surface area contributed by atoms with Gasteiger partial charge in [-0.2, -0.15) is 11.8 Å². The average Bonchev–Trinajstić information content (AvgIpc) is 3.00. The zero-order valence-electron chi connectivity index (χ0n) is 11.6. The highest BCUT2D eigenvalue weighted by molar-refractivity contribution is 8.00. The second-order valence-corrected chi connectivity index (χ2v) is 7.84. The molecule has 0 aromatic carbocycles. The van der Waals surface area contributed by atoms with E-state index >= 15 is 0 Å². The van der Waals surface area contributed by atoms with Gasteiger partial charge in [-0.15, -0.1) is 0 Å². The molecule has 2 unspecified atom stereocenters. The van der Waals surface area contributed by atoms with E-state index in [0.29, 0.717) is 13.0 Å². The fraction of sp³-hybridized carbons (Fsp3) is 0.857. The van der Waals surface area contributed by atoms with Gasteiger partial charge in [0.2, 0.25) is 11.8 Å². The summed E-state index contributed by atoms with van der Waals surface area (Å²) >= 11 is 1.98. The van der Waals surface area contributed by atoms with Gasteiger partial charge in [-0.05, 0) is 38.4 Å². The molecule has 0 radical (unpaired) electrons. The van der Waals surface area contributed by atoms with Gasteiger partial charge in [0, 0.05) is 30.8 Å². The molecule has 0 bridgehead atoms. The zero-order chi connectivity index (χ0) is 13.5. The Morgan fingerprint density at radius 3 is 2.89 bits per heavy atom. The molecule has 3 aliphatic rings. The van der Waals surface area contributed by atoms with E-state index in [4.69, 9.17) is 0 Å². The molecule has 0 aliphatic carbocycles. The van der Waals surface area contributed by atoms with Gasteiger partial charge in [0.1, 0.15) is 6.04 Å². The fourth-order valence-corrected chi connectivity index (χ4v) is 4.86. The molecule has 5 heteroatoms. The van der Waals surface area contributed by atoms with Crippen LogP contribution in [-0.4, -0.2) is 57.8 Å². The number of rotatable bonds is 2. The molecule has 106 valence electrons. The van der Waals surface area contributed by atoms with Crippen LogP contribution < -0.4 is 0 Å². The number of nitrogens with zero attached hydrogens (tertiary/aromatic N) is 2. The first kappa shape index (κ1) is 13.3. The first-order valence-electron chi connectivity index (χ1n) is 7.31. The molecule has 3 heterocycles. The van der Waals surface area contributed by atoms with Gasteiger partial charge >= 0.3 is 0 Å². The van der Waals surface area contributed by atoms with Gasteiger partial charge in [-0.3, -0.25) is 9.59 Å². The molecule has 0 spiro atoms. The molecule has 19 heavy (non-hydrogen) atoms. The second kappa shape index (κ2) is 5.00. The van der Waals surface area contributed by atoms with Gasteiger partial charge in [0.15, 0.2) is 0 Å². The summed E-state index contributed by atoms with van der Waals surface area (Å²) < 4.78 is 0.201. The second-order valence-electron chi connectivity index (χ2n) is 6.16. The standard InChI is InChI=1S/C14H22N2O2S/c1-14(6-3-9-19-14)10-15-8-5-12(17)16-7-2-4-11(16)13(15)18/h11H,2-10H2,1H3. The van der Waals surface area contributed by atoms with Crippen LogP contribution in [0, 0.1) is 0 Å². The van der Waals surface area contributed by atoms with Crippen LogP contribution in [0.25, 0.3) is 0 Å². The first-order chi connectivity index (χ1) is 9.09. The lowest BCUT2D eigenvalue weighted by Crippen LogP contribution is -2.47. The molecule has 2 atom stereocenters. The van der Waals surface area contributed by atoms with Crippen molar-refractivity contribution in [2.45, 2.75) is 49.8 Å². The third-order valence-electron chi connectivity index (χ3n) is 4.59. The van der Waals surface area contributed by atoms with E-state index in [1.165, 1.54) is 18.6 Å². The Morgan fingerprint density at radius 2 is 2.16 bits per heavy atom. The minimum atomic E-state index is -0.162. The van der Waals surface area contributed by atoms with Crippen molar-refractivity contribution in [1.82, 2.24) is 9.80 Å². The molecule has 3 fully saturated rings. The lowest BCUT2D eigenvalue weighted by atomic mass is 10.0. The number of amides is 2. The van der Waals surface area contributed by atoms with Crippen LogP contribution in [-0.2, 0) is 9.59 Å². The van der Waals surface area contributed by atoms with E-state index in [9.17, 15) is 9.59 Å². The highest BCUT2D eigenvalue weighted by atomic mass is 32.2. The van der Waals surface area contributed by atoms with Crippen molar-refractivity contribution < 1.29 is 9.59 Å². The van der Waals surface area contributed by atoms with Gasteiger partial charge < -0.3 is 9.80 Å². The van der Waals surface area contributed by atoms with Crippen LogP contribution >= 0.6 is 11.8 Å².